The van der Waals surface area contributed by atoms with Crippen molar-refractivity contribution in [1.82, 2.24) is 0 Å². The zero-order chi connectivity index (χ0) is 11.3. The van der Waals surface area contributed by atoms with Crippen LogP contribution in [-0.2, 0) is 4.79 Å². The number of carbonyl (C=O) groups is 1. The maximum Gasteiger partial charge on any atom is 0.224 e. The first-order chi connectivity index (χ1) is 7.13. The number of hydrogen-bond acceptors (Lipinski definition) is 2. The Morgan fingerprint density at radius 1 is 1.50 bits per heavy atom. The summed E-state index contributed by atoms with van der Waals surface area (Å²) in [5.74, 6) is -0.726. The minimum atomic E-state index is -0.548. The Morgan fingerprint density at radius 2 is 2.19 bits per heavy atom. The molecule has 0 atom stereocenters. The summed E-state index contributed by atoms with van der Waals surface area (Å²) in [4.78, 5) is 11.2. The number of hydrogen-bond donors (Lipinski definition) is 2. The van der Waals surface area contributed by atoms with E-state index in [1.165, 1.54) is 12.1 Å². The van der Waals surface area contributed by atoms with E-state index in [-0.39, 0.29) is 23.3 Å². The van der Waals surface area contributed by atoms with Crippen molar-refractivity contribution in [1.29, 1.82) is 0 Å². The van der Waals surface area contributed by atoms with Gasteiger partial charge in [0.1, 0.15) is 5.82 Å². The molecule has 1 aromatic rings. The highest BCUT2D eigenvalue weighted by Gasteiger charge is 2.04. The van der Waals surface area contributed by atoms with Gasteiger partial charge >= 0.3 is 0 Å². The van der Waals surface area contributed by atoms with Crippen LogP contribution >= 0.6 is 24.0 Å². The molecule has 90 valence electrons. The van der Waals surface area contributed by atoms with Crippen LogP contribution in [0.15, 0.2) is 18.2 Å². The number of amides is 1. The van der Waals surface area contributed by atoms with Crippen molar-refractivity contribution in [2.45, 2.75) is 12.8 Å². The molecule has 0 bridgehead atoms. The molecule has 0 spiro atoms. The van der Waals surface area contributed by atoms with Crippen molar-refractivity contribution in [3.05, 3.63) is 29.0 Å². The number of benzene rings is 1. The van der Waals surface area contributed by atoms with Crippen molar-refractivity contribution in [3.63, 3.8) is 0 Å². The SMILES string of the molecule is Cl.NCCCC(=O)Nc1ccc(Cl)c(F)c1. The fourth-order valence-electron chi connectivity index (χ4n) is 1.06. The van der Waals surface area contributed by atoms with Gasteiger partial charge in [-0.2, -0.15) is 0 Å². The van der Waals surface area contributed by atoms with Gasteiger partial charge in [-0.05, 0) is 31.2 Å². The highest BCUT2D eigenvalue weighted by Crippen LogP contribution is 2.18. The number of rotatable bonds is 4. The molecule has 3 nitrogen and oxygen atoms in total. The number of nitrogens with two attached hydrogens (primary N) is 1. The molecule has 0 aromatic heterocycles. The van der Waals surface area contributed by atoms with E-state index in [0.29, 0.717) is 25.1 Å². The van der Waals surface area contributed by atoms with Gasteiger partial charge in [-0.25, -0.2) is 4.39 Å². The molecule has 1 amide bonds. The Morgan fingerprint density at radius 3 is 2.75 bits per heavy atom. The summed E-state index contributed by atoms with van der Waals surface area (Å²) in [6, 6.07) is 4.13. The molecule has 0 radical (unpaired) electrons. The van der Waals surface area contributed by atoms with Gasteiger partial charge in [-0.15, -0.1) is 12.4 Å². The lowest BCUT2D eigenvalue weighted by Crippen LogP contribution is -2.13. The topological polar surface area (TPSA) is 55.1 Å². The second kappa shape index (κ2) is 7.44. The normalized spacial score (nSPS) is 9.44. The molecule has 0 aliphatic heterocycles. The smallest absolute Gasteiger partial charge is 0.224 e. The van der Waals surface area contributed by atoms with Gasteiger partial charge < -0.3 is 11.1 Å². The first kappa shape index (κ1) is 15.2. The van der Waals surface area contributed by atoms with Crippen molar-refractivity contribution < 1.29 is 9.18 Å². The zero-order valence-corrected chi connectivity index (χ0v) is 10.1. The molecule has 0 aliphatic rings. The van der Waals surface area contributed by atoms with Gasteiger partial charge in [-0.3, -0.25) is 4.79 Å². The molecule has 1 aromatic carbocycles. The monoisotopic (exact) mass is 266 g/mol. The number of nitrogens with one attached hydrogen (secondary N) is 1. The van der Waals surface area contributed by atoms with E-state index in [2.05, 4.69) is 5.32 Å². The van der Waals surface area contributed by atoms with E-state index in [1.807, 2.05) is 0 Å². The fraction of sp³-hybridized carbons (Fsp3) is 0.300. The zero-order valence-electron chi connectivity index (χ0n) is 8.50. The van der Waals surface area contributed by atoms with Gasteiger partial charge in [-0.1, -0.05) is 11.6 Å². The maximum absolute atomic E-state index is 13.0. The maximum atomic E-state index is 13.0. The first-order valence-electron chi connectivity index (χ1n) is 4.58. The summed E-state index contributed by atoms with van der Waals surface area (Å²) in [5.41, 5.74) is 5.66. The van der Waals surface area contributed by atoms with E-state index in [0.717, 1.165) is 0 Å². The van der Waals surface area contributed by atoms with Crippen molar-refractivity contribution in [2.24, 2.45) is 5.73 Å². The Kier molecular flexibility index (Phi) is 7.05. The quantitative estimate of drug-likeness (QED) is 0.880. The van der Waals surface area contributed by atoms with Crippen molar-refractivity contribution in [2.75, 3.05) is 11.9 Å². The molecular weight excluding hydrogens is 254 g/mol. The Balaban J connectivity index is 0.00000225. The van der Waals surface area contributed by atoms with E-state index >= 15 is 0 Å². The van der Waals surface area contributed by atoms with E-state index in [9.17, 15) is 9.18 Å². The van der Waals surface area contributed by atoms with Gasteiger partial charge in [0, 0.05) is 12.1 Å². The lowest BCUT2D eigenvalue weighted by Gasteiger charge is -2.05. The summed E-state index contributed by atoms with van der Waals surface area (Å²) in [6.45, 7) is 0.461. The fourth-order valence-corrected chi connectivity index (χ4v) is 1.18. The first-order valence-corrected chi connectivity index (χ1v) is 4.96. The summed E-state index contributed by atoms with van der Waals surface area (Å²) >= 11 is 5.50. The third-order valence-electron chi connectivity index (χ3n) is 1.81. The predicted octanol–water partition coefficient (Wildman–Crippen LogP) is 2.58. The molecule has 6 heteroatoms. The molecular formula is C10H13Cl2FN2O. The lowest BCUT2D eigenvalue weighted by atomic mass is 10.2. The second-order valence-electron chi connectivity index (χ2n) is 3.07. The molecule has 0 heterocycles. The minimum absolute atomic E-state index is 0. The Bertz CT molecular complexity index is 361. The van der Waals surface area contributed by atoms with Crippen molar-refractivity contribution >= 4 is 35.6 Å². The largest absolute Gasteiger partial charge is 0.330 e. The third kappa shape index (κ3) is 4.79. The van der Waals surface area contributed by atoms with Gasteiger partial charge in [0.15, 0.2) is 0 Å². The van der Waals surface area contributed by atoms with Crippen LogP contribution in [0.2, 0.25) is 5.02 Å². The Labute approximate surface area is 105 Å². The van der Waals surface area contributed by atoms with Crippen LogP contribution in [0.1, 0.15) is 12.8 Å². The molecule has 0 unspecified atom stereocenters. The summed E-state index contributed by atoms with van der Waals surface area (Å²) in [5, 5.41) is 2.59. The van der Waals surface area contributed by atoms with Crippen LogP contribution in [0.5, 0.6) is 0 Å². The van der Waals surface area contributed by atoms with Crippen LogP contribution in [-0.4, -0.2) is 12.5 Å². The highest BCUT2D eigenvalue weighted by molar-refractivity contribution is 6.30. The highest BCUT2D eigenvalue weighted by atomic mass is 35.5. The molecule has 16 heavy (non-hydrogen) atoms. The minimum Gasteiger partial charge on any atom is -0.330 e. The third-order valence-corrected chi connectivity index (χ3v) is 2.12. The van der Waals surface area contributed by atoms with Crippen LogP contribution in [0.4, 0.5) is 10.1 Å². The Hall–Kier alpha value is -0.840. The number of carbonyl (C=O) groups excluding carboxylic acids is 1. The second-order valence-corrected chi connectivity index (χ2v) is 3.48. The summed E-state index contributed by atoms with van der Waals surface area (Å²) in [7, 11) is 0. The molecule has 0 saturated heterocycles. The average molecular weight is 267 g/mol. The molecule has 1 rings (SSSR count). The summed E-state index contributed by atoms with van der Waals surface area (Å²) in [6.07, 6.45) is 0.947. The van der Waals surface area contributed by atoms with Crippen LogP contribution in [0.3, 0.4) is 0 Å². The van der Waals surface area contributed by atoms with Gasteiger partial charge in [0.25, 0.3) is 0 Å². The predicted molar refractivity (Wildman–Crippen MR) is 65.6 cm³/mol. The molecule has 0 aliphatic carbocycles. The van der Waals surface area contributed by atoms with E-state index in [4.69, 9.17) is 17.3 Å². The summed E-state index contributed by atoms with van der Waals surface area (Å²) < 4.78 is 13.0. The average Bonchev–Trinajstić information content (AvgIpc) is 2.20. The lowest BCUT2D eigenvalue weighted by molar-refractivity contribution is -0.116. The number of halogens is 3. The standard InChI is InChI=1S/C10H12ClFN2O.ClH/c11-8-4-3-7(6-9(8)12)14-10(15)2-1-5-13;/h3-4,6H,1-2,5,13H2,(H,14,15);1H. The van der Waals surface area contributed by atoms with Gasteiger partial charge in [0.2, 0.25) is 5.91 Å². The molecule has 0 saturated carbocycles. The number of anilines is 1. The van der Waals surface area contributed by atoms with Crippen LogP contribution in [0.25, 0.3) is 0 Å². The van der Waals surface area contributed by atoms with E-state index in [1.54, 1.807) is 6.07 Å². The van der Waals surface area contributed by atoms with Crippen molar-refractivity contribution in [3.8, 4) is 0 Å². The molecule has 3 N–H and O–H groups in total. The van der Waals surface area contributed by atoms with Crippen LogP contribution < -0.4 is 11.1 Å². The molecule has 0 fully saturated rings. The van der Waals surface area contributed by atoms with Crippen LogP contribution in [0, 0.1) is 5.82 Å². The van der Waals surface area contributed by atoms with E-state index < -0.39 is 5.82 Å². The van der Waals surface area contributed by atoms with Gasteiger partial charge in [0.05, 0.1) is 5.02 Å².